The van der Waals surface area contributed by atoms with Crippen molar-refractivity contribution in [3.63, 3.8) is 0 Å². The monoisotopic (exact) mass is 348 g/mol. The zero-order chi connectivity index (χ0) is 16.8. The average Bonchev–Trinajstić information content (AvgIpc) is 2.55. The molecule has 1 aromatic heterocycles. The van der Waals surface area contributed by atoms with Crippen LogP contribution in [-0.4, -0.2) is 30.0 Å². The van der Waals surface area contributed by atoms with Gasteiger partial charge in [0.1, 0.15) is 6.61 Å². The number of amides is 1. The summed E-state index contributed by atoms with van der Waals surface area (Å²) in [7, 11) is 0. The topological polar surface area (TPSA) is 68.3 Å². The number of ether oxygens (including phenoxy) is 1. The molecule has 0 atom stereocenters. The van der Waals surface area contributed by atoms with Gasteiger partial charge >= 0.3 is 5.97 Å². The third-order valence-electron chi connectivity index (χ3n) is 3.61. The molecule has 0 aliphatic carbocycles. The lowest BCUT2D eigenvalue weighted by Gasteiger charge is -2.10. The molecule has 0 saturated carbocycles. The maximum atomic E-state index is 12.1. The summed E-state index contributed by atoms with van der Waals surface area (Å²) < 4.78 is 5.22. The van der Waals surface area contributed by atoms with Crippen LogP contribution >= 0.6 is 12.4 Å². The lowest BCUT2D eigenvalue weighted by atomic mass is 10.0. The minimum Gasteiger partial charge on any atom is -0.460 e. The molecule has 6 heteroatoms. The zero-order valence-corrected chi connectivity index (χ0v) is 14.8. The van der Waals surface area contributed by atoms with Crippen molar-refractivity contribution in [3.8, 4) is 0 Å². The molecular weight excluding hydrogens is 328 g/mol. The van der Waals surface area contributed by atoms with Crippen LogP contribution in [0.5, 0.6) is 0 Å². The number of halogens is 1. The van der Waals surface area contributed by atoms with Gasteiger partial charge in [-0.05, 0) is 55.7 Å². The van der Waals surface area contributed by atoms with E-state index in [1.807, 2.05) is 32.9 Å². The van der Waals surface area contributed by atoms with Gasteiger partial charge < -0.3 is 10.1 Å². The number of aryl methyl sites for hydroxylation is 3. The molecule has 0 aliphatic heterocycles. The minimum absolute atomic E-state index is 0. The molecule has 0 bridgehead atoms. The summed E-state index contributed by atoms with van der Waals surface area (Å²) in [4.78, 5) is 27.8. The second-order valence-corrected chi connectivity index (χ2v) is 5.38. The van der Waals surface area contributed by atoms with E-state index in [4.69, 9.17) is 4.74 Å². The van der Waals surface area contributed by atoms with Crippen molar-refractivity contribution < 1.29 is 14.3 Å². The first-order valence-electron chi connectivity index (χ1n) is 7.42. The van der Waals surface area contributed by atoms with Crippen LogP contribution in [0.15, 0.2) is 36.7 Å². The molecule has 0 spiro atoms. The number of rotatable bonds is 5. The van der Waals surface area contributed by atoms with E-state index in [2.05, 4.69) is 10.3 Å². The van der Waals surface area contributed by atoms with Gasteiger partial charge in [0.15, 0.2) is 0 Å². The van der Waals surface area contributed by atoms with E-state index in [1.165, 1.54) is 6.20 Å². The summed E-state index contributed by atoms with van der Waals surface area (Å²) in [5, 5.41) is 2.68. The van der Waals surface area contributed by atoms with E-state index in [0.29, 0.717) is 11.1 Å². The van der Waals surface area contributed by atoms with E-state index in [0.717, 1.165) is 16.7 Å². The molecule has 1 heterocycles. The van der Waals surface area contributed by atoms with Gasteiger partial charge in [-0.3, -0.25) is 9.78 Å². The number of benzene rings is 1. The SMILES string of the molecule is Cc1cc(C)c(C(=O)OCCNC(=O)c2cccnc2)cc1C.Cl. The number of aromatic nitrogens is 1. The maximum absolute atomic E-state index is 12.1. The van der Waals surface area contributed by atoms with Crippen molar-refractivity contribution >= 4 is 24.3 Å². The van der Waals surface area contributed by atoms with Crippen molar-refractivity contribution in [3.05, 3.63) is 64.5 Å². The van der Waals surface area contributed by atoms with Gasteiger partial charge in [0.05, 0.1) is 17.7 Å². The Balaban J connectivity index is 0.00000288. The fourth-order valence-electron chi connectivity index (χ4n) is 2.17. The Bertz CT molecular complexity index is 718. The highest BCUT2D eigenvalue weighted by atomic mass is 35.5. The van der Waals surface area contributed by atoms with Crippen molar-refractivity contribution in [2.45, 2.75) is 20.8 Å². The predicted octanol–water partition coefficient (Wildman–Crippen LogP) is 3.02. The first kappa shape index (κ1) is 19.6. The van der Waals surface area contributed by atoms with Crippen LogP contribution in [0.1, 0.15) is 37.4 Å². The second kappa shape index (κ2) is 9.03. The van der Waals surface area contributed by atoms with E-state index in [1.54, 1.807) is 18.3 Å². The molecule has 1 N–H and O–H groups in total. The Hall–Kier alpha value is -2.40. The van der Waals surface area contributed by atoms with Crippen LogP contribution in [0, 0.1) is 20.8 Å². The second-order valence-electron chi connectivity index (χ2n) is 5.38. The standard InChI is InChI=1S/C18H20N2O3.ClH/c1-12-9-14(3)16(10-13(12)2)18(22)23-8-7-20-17(21)15-5-4-6-19-11-15;/h4-6,9-11H,7-8H2,1-3H3,(H,20,21);1H. The zero-order valence-electron chi connectivity index (χ0n) is 14.0. The molecular formula is C18H21ClN2O3. The summed E-state index contributed by atoms with van der Waals surface area (Å²) in [6.07, 6.45) is 3.09. The van der Waals surface area contributed by atoms with Crippen molar-refractivity contribution in [2.75, 3.05) is 13.2 Å². The van der Waals surface area contributed by atoms with Crippen LogP contribution in [0.4, 0.5) is 0 Å². The molecule has 128 valence electrons. The molecule has 0 saturated heterocycles. The Labute approximate surface area is 147 Å². The fourth-order valence-corrected chi connectivity index (χ4v) is 2.17. The Morgan fingerprint density at radius 3 is 2.50 bits per heavy atom. The van der Waals surface area contributed by atoms with Gasteiger partial charge in [-0.1, -0.05) is 6.07 Å². The third-order valence-corrected chi connectivity index (χ3v) is 3.61. The molecule has 1 amide bonds. The Kier molecular flexibility index (Phi) is 7.39. The van der Waals surface area contributed by atoms with Crippen molar-refractivity contribution in [1.29, 1.82) is 0 Å². The van der Waals surface area contributed by atoms with Gasteiger partial charge in [0.25, 0.3) is 5.91 Å². The highest BCUT2D eigenvalue weighted by molar-refractivity contribution is 5.94. The molecule has 2 aromatic rings. The molecule has 5 nitrogen and oxygen atoms in total. The highest BCUT2D eigenvalue weighted by Crippen LogP contribution is 2.16. The number of hydrogen-bond acceptors (Lipinski definition) is 4. The number of carbonyl (C=O) groups is 2. The fraction of sp³-hybridized carbons (Fsp3) is 0.278. The van der Waals surface area contributed by atoms with E-state index in [-0.39, 0.29) is 37.4 Å². The first-order valence-corrected chi connectivity index (χ1v) is 7.42. The van der Waals surface area contributed by atoms with Crippen LogP contribution in [-0.2, 0) is 4.74 Å². The maximum Gasteiger partial charge on any atom is 0.338 e. The van der Waals surface area contributed by atoms with Crippen molar-refractivity contribution in [1.82, 2.24) is 10.3 Å². The molecule has 0 unspecified atom stereocenters. The average molecular weight is 349 g/mol. The number of esters is 1. The van der Waals surface area contributed by atoms with Gasteiger partial charge in [-0.2, -0.15) is 0 Å². The third kappa shape index (κ3) is 5.06. The lowest BCUT2D eigenvalue weighted by molar-refractivity contribution is 0.0502. The van der Waals surface area contributed by atoms with Crippen LogP contribution in [0.3, 0.4) is 0 Å². The largest absolute Gasteiger partial charge is 0.460 e. The molecule has 24 heavy (non-hydrogen) atoms. The predicted molar refractivity (Wildman–Crippen MR) is 94.8 cm³/mol. The summed E-state index contributed by atoms with van der Waals surface area (Å²) >= 11 is 0. The number of carbonyl (C=O) groups excluding carboxylic acids is 2. The summed E-state index contributed by atoms with van der Waals surface area (Å²) in [6, 6.07) is 7.17. The Morgan fingerprint density at radius 1 is 1.12 bits per heavy atom. The summed E-state index contributed by atoms with van der Waals surface area (Å²) in [5.74, 6) is -0.613. The lowest BCUT2D eigenvalue weighted by Crippen LogP contribution is -2.28. The molecule has 0 radical (unpaired) electrons. The minimum atomic E-state index is -0.374. The van der Waals surface area contributed by atoms with Crippen LogP contribution in [0.25, 0.3) is 0 Å². The number of hydrogen-bond donors (Lipinski definition) is 1. The molecule has 0 fully saturated rings. The molecule has 2 rings (SSSR count). The number of nitrogens with one attached hydrogen (secondary N) is 1. The quantitative estimate of drug-likeness (QED) is 0.666. The van der Waals surface area contributed by atoms with Gasteiger partial charge in [0, 0.05) is 12.4 Å². The van der Waals surface area contributed by atoms with E-state index in [9.17, 15) is 9.59 Å². The Morgan fingerprint density at radius 2 is 1.83 bits per heavy atom. The van der Waals surface area contributed by atoms with Crippen LogP contribution < -0.4 is 5.32 Å². The van der Waals surface area contributed by atoms with Gasteiger partial charge in [-0.15, -0.1) is 12.4 Å². The van der Waals surface area contributed by atoms with Gasteiger partial charge in [-0.25, -0.2) is 4.79 Å². The van der Waals surface area contributed by atoms with E-state index >= 15 is 0 Å². The molecule has 0 aliphatic rings. The van der Waals surface area contributed by atoms with Crippen LogP contribution in [0.2, 0.25) is 0 Å². The highest BCUT2D eigenvalue weighted by Gasteiger charge is 2.12. The smallest absolute Gasteiger partial charge is 0.338 e. The molecule has 1 aromatic carbocycles. The number of pyridine rings is 1. The van der Waals surface area contributed by atoms with E-state index < -0.39 is 0 Å². The van der Waals surface area contributed by atoms with Gasteiger partial charge in [0.2, 0.25) is 0 Å². The summed E-state index contributed by atoms with van der Waals surface area (Å²) in [5.41, 5.74) is 4.11. The summed E-state index contributed by atoms with van der Waals surface area (Å²) in [6.45, 7) is 6.22. The van der Waals surface area contributed by atoms with Crippen molar-refractivity contribution in [2.24, 2.45) is 0 Å². The number of nitrogens with zero attached hydrogens (tertiary/aromatic N) is 1. The first-order chi connectivity index (χ1) is 11.0. The normalized spacial score (nSPS) is 9.79.